The second kappa shape index (κ2) is 7.13. The summed E-state index contributed by atoms with van der Waals surface area (Å²) < 4.78 is 16.0. The minimum Gasteiger partial charge on any atom is -0.490 e. The van der Waals surface area contributed by atoms with Gasteiger partial charge in [0.2, 0.25) is 5.95 Å². The molecule has 2 rings (SSSR count). The van der Waals surface area contributed by atoms with Crippen LogP contribution in [0.3, 0.4) is 0 Å². The Morgan fingerprint density at radius 1 is 0.900 bits per heavy atom. The summed E-state index contributed by atoms with van der Waals surface area (Å²) in [5, 5.41) is 0. The van der Waals surface area contributed by atoms with Gasteiger partial charge in [-0.15, -0.1) is 4.98 Å². The maximum atomic E-state index is 5.53. The number of rotatable bonds is 7. The third-order valence-electron chi connectivity index (χ3n) is 2.21. The van der Waals surface area contributed by atoms with Crippen molar-refractivity contribution < 1.29 is 14.2 Å². The van der Waals surface area contributed by atoms with Crippen molar-refractivity contribution >= 4 is 5.95 Å². The lowest BCUT2D eigenvalue weighted by atomic mass is 10.3. The van der Waals surface area contributed by atoms with Crippen molar-refractivity contribution in [3.05, 3.63) is 30.3 Å². The van der Waals surface area contributed by atoms with Gasteiger partial charge in [-0.2, -0.15) is 9.97 Å². The van der Waals surface area contributed by atoms with E-state index in [9.17, 15) is 0 Å². The Kier molecular flexibility index (Phi) is 4.94. The Bertz CT molecular complexity index is 536. The summed E-state index contributed by atoms with van der Waals surface area (Å²) in [7, 11) is 0. The topological polar surface area (TPSA) is 92.4 Å². The van der Waals surface area contributed by atoms with Gasteiger partial charge >= 0.3 is 12.0 Å². The summed E-state index contributed by atoms with van der Waals surface area (Å²) in [6.07, 6.45) is 0. The van der Waals surface area contributed by atoms with Gasteiger partial charge in [-0.3, -0.25) is 0 Å². The molecule has 0 bridgehead atoms. The molecule has 106 valence electrons. The molecular weight excluding hydrogens is 260 g/mol. The first-order valence-electron chi connectivity index (χ1n) is 6.23. The standard InChI is InChI=1S/C13H16N4O3/c1-2-18-12-15-11(14)16-13(17-12)20-9-8-19-10-6-4-3-5-7-10/h3-7H,2,8-9H2,1H3,(H2,14,15,16,17). The van der Waals surface area contributed by atoms with E-state index < -0.39 is 0 Å². The fraction of sp³-hybridized carbons (Fsp3) is 0.308. The van der Waals surface area contributed by atoms with E-state index in [-0.39, 0.29) is 18.0 Å². The molecule has 0 saturated heterocycles. The number of nitrogens with zero attached hydrogens (tertiary/aromatic N) is 3. The van der Waals surface area contributed by atoms with Crippen LogP contribution in [0.1, 0.15) is 6.92 Å². The number of benzene rings is 1. The van der Waals surface area contributed by atoms with Gasteiger partial charge in [-0.1, -0.05) is 18.2 Å². The molecule has 20 heavy (non-hydrogen) atoms. The monoisotopic (exact) mass is 276 g/mol. The van der Waals surface area contributed by atoms with Crippen molar-refractivity contribution in [2.45, 2.75) is 6.92 Å². The fourth-order valence-electron chi connectivity index (χ4n) is 1.42. The van der Waals surface area contributed by atoms with Crippen LogP contribution < -0.4 is 19.9 Å². The van der Waals surface area contributed by atoms with E-state index in [0.29, 0.717) is 19.8 Å². The minimum atomic E-state index is 0.0578. The molecule has 0 atom stereocenters. The molecule has 0 unspecified atom stereocenters. The van der Waals surface area contributed by atoms with Crippen LogP contribution in [-0.2, 0) is 0 Å². The summed E-state index contributed by atoms with van der Waals surface area (Å²) in [4.78, 5) is 11.6. The molecule has 0 amide bonds. The highest BCUT2D eigenvalue weighted by Gasteiger charge is 2.06. The normalized spacial score (nSPS) is 10.1. The van der Waals surface area contributed by atoms with E-state index in [1.165, 1.54) is 0 Å². The van der Waals surface area contributed by atoms with Crippen LogP contribution in [0, 0.1) is 0 Å². The molecule has 1 aromatic heterocycles. The van der Waals surface area contributed by atoms with Crippen molar-refractivity contribution in [1.29, 1.82) is 0 Å². The molecule has 0 fully saturated rings. The number of ether oxygens (including phenoxy) is 3. The van der Waals surface area contributed by atoms with Gasteiger partial charge in [0, 0.05) is 0 Å². The second-order valence-electron chi connectivity index (χ2n) is 3.70. The first-order chi connectivity index (χ1) is 9.78. The third kappa shape index (κ3) is 4.27. The molecule has 0 aliphatic carbocycles. The summed E-state index contributed by atoms with van der Waals surface area (Å²) in [6.45, 7) is 2.94. The molecule has 1 aromatic carbocycles. The molecule has 0 saturated carbocycles. The van der Waals surface area contributed by atoms with E-state index >= 15 is 0 Å². The summed E-state index contributed by atoms with van der Waals surface area (Å²) in [5.41, 5.74) is 5.53. The van der Waals surface area contributed by atoms with Crippen LogP contribution in [0.2, 0.25) is 0 Å². The van der Waals surface area contributed by atoms with Crippen LogP contribution >= 0.6 is 0 Å². The Labute approximate surface area is 116 Å². The van der Waals surface area contributed by atoms with Gasteiger partial charge in [0.1, 0.15) is 19.0 Å². The molecular formula is C13H16N4O3. The molecule has 0 aliphatic heterocycles. The zero-order valence-corrected chi connectivity index (χ0v) is 11.2. The lowest BCUT2D eigenvalue weighted by molar-refractivity contribution is 0.202. The van der Waals surface area contributed by atoms with Crippen molar-refractivity contribution in [2.75, 3.05) is 25.6 Å². The van der Waals surface area contributed by atoms with E-state index in [2.05, 4.69) is 15.0 Å². The SMILES string of the molecule is CCOc1nc(N)nc(OCCOc2ccccc2)n1. The number of aromatic nitrogens is 3. The van der Waals surface area contributed by atoms with E-state index in [1.54, 1.807) is 0 Å². The lowest BCUT2D eigenvalue weighted by Crippen LogP contribution is -2.12. The van der Waals surface area contributed by atoms with Crippen molar-refractivity contribution in [1.82, 2.24) is 15.0 Å². The molecule has 2 aromatic rings. The first kappa shape index (κ1) is 13.9. The van der Waals surface area contributed by atoms with Crippen molar-refractivity contribution in [3.8, 4) is 17.8 Å². The smallest absolute Gasteiger partial charge is 0.324 e. The summed E-state index contributed by atoms with van der Waals surface area (Å²) in [6, 6.07) is 9.74. The molecule has 0 spiro atoms. The number of nitrogens with two attached hydrogens (primary N) is 1. The number of anilines is 1. The molecule has 1 heterocycles. The highest BCUT2D eigenvalue weighted by Crippen LogP contribution is 2.11. The molecule has 7 nitrogen and oxygen atoms in total. The van der Waals surface area contributed by atoms with Crippen molar-refractivity contribution in [3.63, 3.8) is 0 Å². The minimum absolute atomic E-state index is 0.0578. The quantitative estimate of drug-likeness (QED) is 0.762. The van der Waals surface area contributed by atoms with Crippen LogP contribution in [0.25, 0.3) is 0 Å². The predicted molar refractivity (Wildman–Crippen MR) is 72.8 cm³/mol. The average Bonchev–Trinajstić information content (AvgIpc) is 2.45. The maximum Gasteiger partial charge on any atom is 0.324 e. The average molecular weight is 276 g/mol. The molecule has 0 aliphatic rings. The zero-order chi connectivity index (χ0) is 14.2. The van der Waals surface area contributed by atoms with E-state index in [0.717, 1.165) is 5.75 Å². The molecule has 7 heteroatoms. The predicted octanol–water partition coefficient (Wildman–Crippen LogP) is 1.31. The lowest BCUT2D eigenvalue weighted by Gasteiger charge is -2.08. The first-order valence-corrected chi connectivity index (χ1v) is 6.23. The van der Waals surface area contributed by atoms with Gasteiger partial charge < -0.3 is 19.9 Å². The highest BCUT2D eigenvalue weighted by molar-refractivity contribution is 5.21. The molecule has 0 radical (unpaired) electrons. The Hall–Kier alpha value is -2.57. The maximum absolute atomic E-state index is 5.53. The largest absolute Gasteiger partial charge is 0.490 e. The van der Waals surface area contributed by atoms with Gasteiger partial charge in [0.15, 0.2) is 0 Å². The Morgan fingerprint density at radius 2 is 1.55 bits per heavy atom. The van der Waals surface area contributed by atoms with Crippen LogP contribution in [0.5, 0.6) is 17.8 Å². The van der Waals surface area contributed by atoms with Crippen molar-refractivity contribution in [2.24, 2.45) is 0 Å². The van der Waals surface area contributed by atoms with E-state index in [4.69, 9.17) is 19.9 Å². The van der Waals surface area contributed by atoms with Crippen LogP contribution in [0.15, 0.2) is 30.3 Å². The molecule has 2 N–H and O–H groups in total. The van der Waals surface area contributed by atoms with Gasteiger partial charge in [-0.05, 0) is 19.1 Å². The summed E-state index contributed by atoms with van der Waals surface area (Å²) >= 11 is 0. The Balaban J connectivity index is 1.81. The Morgan fingerprint density at radius 3 is 2.25 bits per heavy atom. The highest BCUT2D eigenvalue weighted by atomic mass is 16.5. The van der Waals surface area contributed by atoms with Crippen LogP contribution in [0.4, 0.5) is 5.95 Å². The van der Waals surface area contributed by atoms with Crippen LogP contribution in [-0.4, -0.2) is 34.8 Å². The number of hydrogen-bond acceptors (Lipinski definition) is 7. The summed E-state index contributed by atoms with van der Waals surface area (Å²) in [5.74, 6) is 0.837. The fourth-order valence-corrected chi connectivity index (χ4v) is 1.42. The van der Waals surface area contributed by atoms with Gasteiger partial charge in [0.25, 0.3) is 0 Å². The third-order valence-corrected chi connectivity index (χ3v) is 2.21. The second-order valence-corrected chi connectivity index (χ2v) is 3.70. The van der Waals surface area contributed by atoms with Gasteiger partial charge in [-0.25, -0.2) is 0 Å². The zero-order valence-electron chi connectivity index (χ0n) is 11.2. The van der Waals surface area contributed by atoms with Gasteiger partial charge in [0.05, 0.1) is 6.61 Å². The number of hydrogen-bond donors (Lipinski definition) is 1. The van der Waals surface area contributed by atoms with E-state index in [1.807, 2.05) is 37.3 Å². The number of nitrogen functional groups attached to an aromatic ring is 1. The number of para-hydroxylation sites is 1.